The van der Waals surface area contributed by atoms with Gasteiger partial charge in [0.2, 0.25) is 0 Å². The van der Waals surface area contributed by atoms with Crippen molar-refractivity contribution in [1.29, 1.82) is 0 Å². The van der Waals surface area contributed by atoms with Gasteiger partial charge in [0.15, 0.2) is 0 Å². The third-order valence-corrected chi connectivity index (χ3v) is 4.61. The van der Waals surface area contributed by atoms with Crippen molar-refractivity contribution in [3.63, 3.8) is 0 Å². The Morgan fingerprint density at radius 2 is 1.74 bits per heavy atom. The molecule has 1 aliphatic rings. The molecule has 1 N–H and O–H groups in total. The lowest BCUT2D eigenvalue weighted by atomic mass is 9.84. The normalized spacial score (nSPS) is 20.1. The van der Waals surface area contributed by atoms with Gasteiger partial charge in [-0.1, -0.05) is 49.6 Å². The van der Waals surface area contributed by atoms with Crippen molar-refractivity contribution in [2.24, 2.45) is 5.92 Å². The van der Waals surface area contributed by atoms with Crippen molar-refractivity contribution in [1.82, 2.24) is 5.32 Å². The van der Waals surface area contributed by atoms with Gasteiger partial charge in [-0.05, 0) is 51.0 Å². The summed E-state index contributed by atoms with van der Waals surface area (Å²) in [6, 6.07) is 12.1. The molecular weight excluding hydrogens is 230 g/mol. The Bertz CT molecular complexity index is 340. The fraction of sp³-hybridized carbons (Fsp3) is 0.667. The Kier molecular flexibility index (Phi) is 5.91. The minimum absolute atomic E-state index is 0.622. The molecule has 1 heteroatoms. The maximum absolute atomic E-state index is 3.82. The van der Waals surface area contributed by atoms with E-state index in [2.05, 4.69) is 49.5 Å². The zero-order valence-corrected chi connectivity index (χ0v) is 12.6. The molecule has 2 unspecified atom stereocenters. The van der Waals surface area contributed by atoms with Crippen LogP contribution < -0.4 is 5.32 Å². The van der Waals surface area contributed by atoms with E-state index in [0.717, 1.165) is 5.92 Å². The number of hydrogen-bond acceptors (Lipinski definition) is 1. The summed E-state index contributed by atoms with van der Waals surface area (Å²) in [5.74, 6) is 0.910. The van der Waals surface area contributed by atoms with Gasteiger partial charge in [0, 0.05) is 12.1 Å². The molecule has 1 aromatic carbocycles. The average molecular weight is 259 g/mol. The number of nitrogens with one attached hydrogen (secondary N) is 1. The topological polar surface area (TPSA) is 12.0 Å². The lowest BCUT2D eigenvalue weighted by molar-refractivity contribution is 0.264. The Morgan fingerprint density at radius 3 is 2.42 bits per heavy atom. The van der Waals surface area contributed by atoms with E-state index in [1.54, 1.807) is 0 Å². The van der Waals surface area contributed by atoms with Gasteiger partial charge in [-0.15, -0.1) is 0 Å². The van der Waals surface area contributed by atoms with Gasteiger partial charge in [-0.3, -0.25) is 0 Å². The lowest BCUT2D eigenvalue weighted by Gasteiger charge is -2.30. The Balaban J connectivity index is 1.70. The van der Waals surface area contributed by atoms with Crippen LogP contribution >= 0.6 is 0 Å². The number of rotatable bonds is 6. The molecule has 1 saturated carbocycles. The van der Waals surface area contributed by atoms with Crippen LogP contribution in [0.1, 0.15) is 57.9 Å². The SMILES string of the molecule is CC(CCc1ccccc1)NC(C)C1CCCCC1. The summed E-state index contributed by atoms with van der Waals surface area (Å²) < 4.78 is 0. The zero-order valence-electron chi connectivity index (χ0n) is 12.6. The van der Waals surface area contributed by atoms with Gasteiger partial charge in [0.1, 0.15) is 0 Å². The predicted octanol–water partition coefficient (Wildman–Crippen LogP) is 4.57. The van der Waals surface area contributed by atoms with Crippen molar-refractivity contribution in [3.05, 3.63) is 35.9 Å². The Labute approximate surface area is 118 Å². The fourth-order valence-corrected chi connectivity index (χ4v) is 3.33. The molecule has 0 radical (unpaired) electrons. The largest absolute Gasteiger partial charge is 0.311 e. The van der Waals surface area contributed by atoms with Crippen LogP contribution in [0.2, 0.25) is 0 Å². The highest BCUT2D eigenvalue weighted by Gasteiger charge is 2.20. The van der Waals surface area contributed by atoms with Crippen LogP contribution in [0.25, 0.3) is 0 Å². The van der Waals surface area contributed by atoms with Crippen molar-refractivity contribution < 1.29 is 0 Å². The molecular formula is C18H29N. The van der Waals surface area contributed by atoms with Gasteiger partial charge in [0.05, 0.1) is 0 Å². The third-order valence-electron chi connectivity index (χ3n) is 4.61. The third kappa shape index (κ3) is 4.99. The first-order chi connectivity index (χ1) is 9.25. The number of benzene rings is 1. The molecule has 1 aliphatic carbocycles. The highest BCUT2D eigenvalue weighted by Crippen LogP contribution is 2.26. The summed E-state index contributed by atoms with van der Waals surface area (Å²) in [7, 11) is 0. The van der Waals surface area contributed by atoms with Crippen LogP contribution in [0.15, 0.2) is 30.3 Å². The monoisotopic (exact) mass is 259 g/mol. The molecule has 0 heterocycles. The maximum atomic E-state index is 3.82. The molecule has 0 saturated heterocycles. The van der Waals surface area contributed by atoms with E-state index in [9.17, 15) is 0 Å². The standard InChI is InChI=1S/C18H29N/c1-15(13-14-17-9-5-3-6-10-17)19-16(2)18-11-7-4-8-12-18/h3,5-6,9-10,15-16,18-19H,4,7-8,11-14H2,1-2H3. The van der Waals surface area contributed by atoms with Crippen molar-refractivity contribution in [3.8, 4) is 0 Å². The predicted molar refractivity (Wildman–Crippen MR) is 83.4 cm³/mol. The highest BCUT2D eigenvalue weighted by molar-refractivity contribution is 5.14. The smallest absolute Gasteiger partial charge is 0.00694 e. The second kappa shape index (κ2) is 7.69. The van der Waals surface area contributed by atoms with E-state index in [1.165, 1.54) is 50.5 Å². The van der Waals surface area contributed by atoms with Crippen molar-refractivity contribution in [2.75, 3.05) is 0 Å². The van der Waals surface area contributed by atoms with E-state index in [4.69, 9.17) is 0 Å². The molecule has 1 aromatic rings. The second-order valence-corrected chi connectivity index (χ2v) is 6.28. The molecule has 1 nitrogen and oxygen atoms in total. The van der Waals surface area contributed by atoms with E-state index < -0.39 is 0 Å². The molecule has 0 aliphatic heterocycles. The Morgan fingerprint density at radius 1 is 1.05 bits per heavy atom. The van der Waals surface area contributed by atoms with E-state index in [0.29, 0.717) is 12.1 Å². The molecule has 2 rings (SSSR count). The van der Waals surface area contributed by atoms with Crippen LogP contribution in [0, 0.1) is 5.92 Å². The van der Waals surface area contributed by atoms with Gasteiger partial charge in [-0.25, -0.2) is 0 Å². The fourth-order valence-electron chi connectivity index (χ4n) is 3.33. The summed E-state index contributed by atoms with van der Waals surface area (Å²) in [6.07, 6.45) is 9.61. The molecule has 106 valence electrons. The molecule has 1 fully saturated rings. The maximum Gasteiger partial charge on any atom is 0.00694 e. The summed E-state index contributed by atoms with van der Waals surface area (Å²) in [4.78, 5) is 0. The first-order valence-electron chi connectivity index (χ1n) is 8.05. The van der Waals surface area contributed by atoms with Gasteiger partial charge in [0.25, 0.3) is 0 Å². The van der Waals surface area contributed by atoms with E-state index in [1.807, 2.05) is 0 Å². The second-order valence-electron chi connectivity index (χ2n) is 6.28. The van der Waals surface area contributed by atoms with Crippen LogP contribution in [0.5, 0.6) is 0 Å². The van der Waals surface area contributed by atoms with Crippen LogP contribution in [0.3, 0.4) is 0 Å². The Hall–Kier alpha value is -0.820. The van der Waals surface area contributed by atoms with Gasteiger partial charge in [-0.2, -0.15) is 0 Å². The van der Waals surface area contributed by atoms with Crippen molar-refractivity contribution >= 4 is 0 Å². The minimum atomic E-state index is 0.622. The van der Waals surface area contributed by atoms with Crippen LogP contribution in [-0.2, 0) is 6.42 Å². The first kappa shape index (κ1) is 14.6. The number of hydrogen-bond donors (Lipinski definition) is 1. The van der Waals surface area contributed by atoms with Crippen LogP contribution in [0.4, 0.5) is 0 Å². The summed E-state index contributed by atoms with van der Waals surface area (Å²) in [5, 5.41) is 3.82. The zero-order chi connectivity index (χ0) is 13.5. The summed E-state index contributed by atoms with van der Waals surface area (Å²) >= 11 is 0. The van der Waals surface area contributed by atoms with Crippen LogP contribution in [-0.4, -0.2) is 12.1 Å². The molecule has 0 bridgehead atoms. The average Bonchev–Trinajstić information content (AvgIpc) is 2.47. The van der Waals surface area contributed by atoms with Gasteiger partial charge >= 0.3 is 0 Å². The van der Waals surface area contributed by atoms with E-state index in [-0.39, 0.29) is 0 Å². The summed E-state index contributed by atoms with van der Waals surface area (Å²) in [5.41, 5.74) is 1.46. The molecule has 0 amide bonds. The first-order valence-corrected chi connectivity index (χ1v) is 8.05. The van der Waals surface area contributed by atoms with E-state index >= 15 is 0 Å². The highest BCUT2D eigenvalue weighted by atomic mass is 14.9. The summed E-state index contributed by atoms with van der Waals surface area (Å²) in [6.45, 7) is 4.72. The quantitative estimate of drug-likeness (QED) is 0.789. The molecule has 0 aromatic heterocycles. The molecule has 19 heavy (non-hydrogen) atoms. The van der Waals surface area contributed by atoms with Crippen molar-refractivity contribution in [2.45, 2.75) is 70.9 Å². The molecule has 0 spiro atoms. The lowest BCUT2D eigenvalue weighted by Crippen LogP contribution is -2.40. The minimum Gasteiger partial charge on any atom is -0.311 e. The molecule has 2 atom stereocenters. The number of aryl methyl sites for hydroxylation is 1. The van der Waals surface area contributed by atoms with Gasteiger partial charge < -0.3 is 5.32 Å².